The average Bonchev–Trinajstić information content (AvgIpc) is 3.37. The quantitative estimate of drug-likeness (QED) is 0.921. The van der Waals surface area contributed by atoms with Crippen LogP contribution in [0.2, 0.25) is 0 Å². The number of urea groups is 1. The Kier molecular flexibility index (Phi) is 4.32. The Morgan fingerprint density at radius 2 is 1.95 bits per heavy atom. The smallest absolute Gasteiger partial charge is 0.318 e. The molecule has 1 aromatic carbocycles. The molecule has 1 heterocycles. The number of aryl methyl sites for hydroxylation is 1. The lowest BCUT2D eigenvalue weighted by Gasteiger charge is -2.34. The molecule has 118 valence electrons. The zero-order valence-electron chi connectivity index (χ0n) is 13.0. The first kappa shape index (κ1) is 14.9. The molecule has 2 fully saturated rings. The van der Waals surface area contributed by atoms with Crippen LogP contribution in [0.25, 0.3) is 0 Å². The van der Waals surface area contributed by atoms with Gasteiger partial charge in [0.15, 0.2) is 0 Å². The molecule has 1 N–H and O–H groups in total. The number of hydrogen-bond acceptors (Lipinski definition) is 2. The van der Waals surface area contributed by atoms with Crippen LogP contribution >= 0.6 is 0 Å². The van der Waals surface area contributed by atoms with Crippen LogP contribution in [-0.4, -0.2) is 47.4 Å². The van der Waals surface area contributed by atoms with Gasteiger partial charge in [0.25, 0.3) is 0 Å². The third-order valence-corrected chi connectivity index (χ3v) is 4.46. The normalized spacial score (nSPS) is 18.5. The molecular formula is C17H23N3O2. The van der Waals surface area contributed by atoms with Gasteiger partial charge in [-0.05, 0) is 30.4 Å². The Bertz CT molecular complexity index is 569. The summed E-state index contributed by atoms with van der Waals surface area (Å²) in [5.41, 5.74) is 2.39. The highest BCUT2D eigenvalue weighted by Crippen LogP contribution is 2.28. The van der Waals surface area contributed by atoms with Crippen molar-refractivity contribution in [2.24, 2.45) is 0 Å². The van der Waals surface area contributed by atoms with Crippen molar-refractivity contribution in [2.45, 2.75) is 38.8 Å². The standard InChI is InChI=1S/C17H23N3O2/c1-2-13-5-3-4-6-14(13)11-18-17(22)19-9-10-20(15-7-8-15)16(21)12-19/h3-6,15H,2,7-12H2,1H3,(H,18,22). The van der Waals surface area contributed by atoms with Crippen LogP contribution in [0.1, 0.15) is 30.9 Å². The molecule has 1 aliphatic carbocycles. The topological polar surface area (TPSA) is 52.7 Å². The van der Waals surface area contributed by atoms with Crippen molar-refractivity contribution in [1.29, 1.82) is 0 Å². The molecule has 3 rings (SSSR count). The average molecular weight is 301 g/mol. The van der Waals surface area contributed by atoms with Gasteiger partial charge >= 0.3 is 6.03 Å². The first-order valence-corrected chi connectivity index (χ1v) is 8.08. The van der Waals surface area contributed by atoms with Crippen molar-refractivity contribution in [3.8, 4) is 0 Å². The highest BCUT2D eigenvalue weighted by Gasteiger charge is 2.36. The summed E-state index contributed by atoms with van der Waals surface area (Å²) >= 11 is 0. The van der Waals surface area contributed by atoms with Crippen molar-refractivity contribution >= 4 is 11.9 Å². The maximum Gasteiger partial charge on any atom is 0.318 e. The zero-order valence-corrected chi connectivity index (χ0v) is 13.0. The number of carbonyl (C=O) groups is 2. The van der Waals surface area contributed by atoms with E-state index < -0.39 is 0 Å². The van der Waals surface area contributed by atoms with Crippen molar-refractivity contribution in [1.82, 2.24) is 15.1 Å². The fourth-order valence-electron chi connectivity index (χ4n) is 2.99. The summed E-state index contributed by atoms with van der Waals surface area (Å²) in [5.74, 6) is 0.0814. The zero-order chi connectivity index (χ0) is 15.5. The summed E-state index contributed by atoms with van der Waals surface area (Å²) in [6.07, 6.45) is 3.18. The maximum absolute atomic E-state index is 12.3. The molecule has 1 saturated heterocycles. The Hall–Kier alpha value is -2.04. The summed E-state index contributed by atoms with van der Waals surface area (Å²) in [6.45, 7) is 4.13. The summed E-state index contributed by atoms with van der Waals surface area (Å²) < 4.78 is 0. The van der Waals surface area contributed by atoms with Crippen molar-refractivity contribution < 1.29 is 9.59 Å². The fraction of sp³-hybridized carbons (Fsp3) is 0.529. The van der Waals surface area contributed by atoms with Gasteiger partial charge in [-0.2, -0.15) is 0 Å². The monoisotopic (exact) mass is 301 g/mol. The molecule has 22 heavy (non-hydrogen) atoms. The molecule has 0 atom stereocenters. The van der Waals surface area contributed by atoms with E-state index in [1.165, 1.54) is 5.56 Å². The predicted octanol–water partition coefficient (Wildman–Crippen LogP) is 1.77. The number of rotatable bonds is 4. The molecule has 5 nitrogen and oxygen atoms in total. The minimum atomic E-state index is -0.144. The number of piperazine rings is 1. The van der Waals surface area contributed by atoms with Gasteiger partial charge in [-0.1, -0.05) is 31.2 Å². The van der Waals surface area contributed by atoms with E-state index in [1.54, 1.807) is 4.90 Å². The lowest BCUT2D eigenvalue weighted by atomic mass is 10.1. The SMILES string of the molecule is CCc1ccccc1CNC(=O)N1CCN(C2CC2)C(=O)C1. The number of benzene rings is 1. The molecule has 0 unspecified atom stereocenters. The molecule has 1 aliphatic heterocycles. The number of nitrogens with one attached hydrogen (secondary N) is 1. The molecule has 1 aromatic rings. The molecular weight excluding hydrogens is 278 g/mol. The first-order valence-electron chi connectivity index (χ1n) is 8.08. The number of carbonyl (C=O) groups excluding carboxylic acids is 2. The second-order valence-corrected chi connectivity index (χ2v) is 6.02. The van der Waals surface area contributed by atoms with Crippen LogP contribution < -0.4 is 5.32 Å². The van der Waals surface area contributed by atoms with Crippen LogP contribution in [0.4, 0.5) is 4.79 Å². The second kappa shape index (κ2) is 6.38. The van der Waals surface area contributed by atoms with Gasteiger partial charge in [0.05, 0.1) is 0 Å². The second-order valence-electron chi connectivity index (χ2n) is 6.02. The summed E-state index contributed by atoms with van der Waals surface area (Å²) in [5, 5.41) is 2.94. The van der Waals surface area contributed by atoms with Gasteiger partial charge in [0, 0.05) is 25.7 Å². The van der Waals surface area contributed by atoms with Gasteiger partial charge in [0.1, 0.15) is 6.54 Å². The molecule has 0 bridgehead atoms. The van der Waals surface area contributed by atoms with E-state index in [1.807, 2.05) is 23.1 Å². The molecule has 0 spiro atoms. The Balaban J connectivity index is 1.53. The van der Waals surface area contributed by atoms with Gasteiger partial charge in [0.2, 0.25) is 5.91 Å². The van der Waals surface area contributed by atoms with Gasteiger partial charge in [-0.25, -0.2) is 4.79 Å². The minimum Gasteiger partial charge on any atom is -0.336 e. The minimum absolute atomic E-state index is 0.0814. The molecule has 3 amide bonds. The Morgan fingerprint density at radius 1 is 1.23 bits per heavy atom. The number of nitrogens with zero attached hydrogens (tertiary/aromatic N) is 2. The van der Waals surface area contributed by atoms with Crippen LogP contribution in [-0.2, 0) is 17.8 Å². The third kappa shape index (κ3) is 3.24. The largest absolute Gasteiger partial charge is 0.336 e. The molecule has 0 radical (unpaired) electrons. The lowest BCUT2D eigenvalue weighted by Crippen LogP contribution is -2.55. The highest BCUT2D eigenvalue weighted by molar-refractivity contribution is 5.85. The van der Waals surface area contributed by atoms with E-state index in [0.29, 0.717) is 25.7 Å². The van der Waals surface area contributed by atoms with Gasteiger partial charge in [-0.15, -0.1) is 0 Å². The van der Waals surface area contributed by atoms with E-state index >= 15 is 0 Å². The third-order valence-electron chi connectivity index (χ3n) is 4.46. The van der Waals surface area contributed by atoms with E-state index in [4.69, 9.17) is 0 Å². The molecule has 5 heteroatoms. The summed E-state index contributed by atoms with van der Waals surface area (Å²) in [6, 6.07) is 8.41. The van der Waals surface area contributed by atoms with Gasteiger partial charge < -0.3 is 15.1 Å². The van der Waals surface area contributed by atoms with Crippen molar-refractivity contribution in [3.05, 3.63) is 35.4 Å². The molecule has 0 aromatic heterocycles. The number of amides is 3. The number of hydrogen-bond donors (Lipinski definition) is 1. The van der Waals surface area contributed by atoms with Crippen LogP contribution in [0, 0.1) is 0 Å². The first-order chi connectivity index (χ1) is 10.7. The summed E-state index contributed by atoms with van der Waals surface area (Å²) in [4.78, 5) is 27.9. The van der Waals surface area contributed by atoms with Gasteiger partial charge in [-0.3, -0.25) is 4.79 Å². The predicted molar refractivity (Wildman–Crippen MR) is 84.4 cm³/mol. The Labute approximate surface area is 131 Å². The van der Waals surface area contributed by atoms with Crippen LogP contribution in [0.5, 0.6) is 0 Å². The van der Waals surface area contributed by atoms with Crippen molar-refractivity contribution in [2.75, 3.05) is 19.6 Å². The summed E-state index contributed by atoms with van der Waals surface area (Å²) in [7, 11) is 0. The molecule has 1 saturated carbocycles. The Morgan fingerprint density at radius 3 is 2.59 bits per heavy atom. The fourth-order valence-corrected chi connectivity index (χ4v) is 2.99. The van der Waals surface area contributed by atoms with E-state index in [-0.39, 0.29) is 18.5 Å². The van der Waals surface area contributed by atoms with E-state index in [0.717, 1.165) is 24.8 Å². The van der Waals surface area contributed by atoms with Crippen LogP contribution in [0.15, 0.2) is 24.3 Å². The van der Waals surface area contributed by atoms with Crippen molar-refractivity contribution in [3.63, 3.8) is 0 Å². The van der Waals surface area contributed by atoms with E-state index in [9.17, 15) is 9.59 Å². The van der Waals surface area contributed by atoms with E-state index in [2.05, 4.69) is 18.3 Å². The lowest BCUT2D eigenvalue weighted by molar-refractivity contribution is -0.135. The molecule has 2 aliphatic rings. The van der Waals surface area contributed by atoms with Crippen LogP contribution in [0.3, 0.4) is 0 Å². The highest BCUT2D eigenvalue weighted by atomic mass is 16.2. The maximum atomic E-state index is 12.3.